The molecule has 0 spiro atoms. The number of allylic oxidation sites excluding steroid dienone is 1. The Bertz CT molecular complexity index is 705. The maximum Gasteiger partial charge on any atom is 0.196 e. The summed E-state index contributed by atoms with van der Waals surface area (Å²) < 4.78 is 36.7. The van der Waals surface area contributed by atoms with Crippen molar-refractivity contribution in [1.29, 1.82) is 0 Å². The van der Waals surface area contributed by atoms with Crippen LogP contribution in [0.1, 0.15) is 53.9 Å². The van der Waals surface area contributed by atoms with Gasteiger partial charge in [-0.15, -0.1) is 0 Å². The van der Waals surface area contributed by atoms with E-state index in [4.69, 9.17) is 28.1 Å². The van der Waals surface area contributed by atoms with Gasteiger partial charge < -0.3 is 33.2 Å². The minimum Gasteiger partial charge on any atom is -0.388 e. The summed E-state index contributed by atoms with van der Waals surface area (Å²) in [5, 5.41) is 11.5. The lowest BCUT2D eigenvalue weighted by Crippen LogP contribution is -2.63. The summed E-state index contributed by atoms with van der Waals surface area (Å²) in [6.07, 6.45) is 3.06. The van der Waals surface area contributed by atoms with E-state index in [1.54, 1.807) is 14.2 Å². The molecule has 0 aromatic heterocycles. The molecule has 1 saturated heterocycles. The third-order valence-corrected chi connectivity index (χ3v) is 13.1. The Morgan fingerprint density at radius 3 is 2.44 bits per heavy atom. The molecule has 7 nitrogen and oxygen atoms in total. The van der Waals surface area contributed by atoms with E-state index in [2.05, 4.69) is 53.8 Å². The van der Waals surface area contributed by atoms with Gasteiger partial charge >= 0.3 is 0 Å². The third kappa shape index (κ3) is 3.84. The number of aliphatic hydroxyl groups excluding tert-OH is 1. The van der Waals surface area contributed by atoms with E-state index >= 15 is 0 Å². The first-order valence-corrected chi connectivity index (χ1v) is 14.6. The zero-order valence-electron chi connectivity index (χ0n) is 21.4. The molecule has 186 valence electrons. The van der Waals surface area contributed by atoms with Crippen LogP contribution >= 0.6 is 0 Å². The Labute approximate surface area is 194 Å². The summed E-state index contributed by atoms with van der Waals surface area (Å²) in [4.78, 5) is 0. The van der Waals surface area contributed by atoms with Crippen LogP contribution in [0.4, 0.5) is 0 Å². The fourth-order valence-electron chi connectivity index (χ4n) is 5.71. The minimum atomic E-state index is -2.33. The predicted octanol–water partition coefficient (Wildman–Crippen LogP) is 4.21. The smallest absolute Gasteiger partial charge is 0.196 e. The number of hydrogen-bond acceptors (Lipinski definition) is 7. The molecule has 2 fully saturated rings. The van der Waals surface area contributed by atoms with Crippen LogP contribution in [0.2, 0.25) is 18.1 Å². The average Bonchev–Trinajstić information content (AvgIpc) is 3.02. The van der Waals surface area contributed by atoms with Gasteiger partial charge in [-0.3, -0.25) is 0 Å². The molecule has 0 aromatic carbocycles. The fourth-order valence-corrected chi connectivity index (χ4v) is 7.17. The van der Waals surface area contributed by atoms with Gasteiger partial charge in [0.15, 0.2) is 14.1 Å². The molecule has 8 heteroatoms. The Morgan fingerprint density at radius 1 is 1.19 bits per heavy atom. The van der Waals surface area contributed by atoms with Crippen molar-refractivity contribution in [1.82, 2.24) is 0 Å². The molecule has 2 aliphatic carbocycles. The maximum absolute atomic E-state index is 11.6. The Kier molecular flexibility index (Phi) is 7.42. The normalized spacial score (nSPS) is 39.7. The first kappa shape index (κ1) is 26.3. The average molecular weight is 473 g/mol. The second kappa shape index (κ2) is 9.04. The Hall–Kier alpha value is -0.323. The largest absolute Gasteiger partial charge is 0.388 e. The molecule has 1 aliphatic heterocycles. The quantitative estimate of drug-likeness (QED) is 0.233. The summed E-state index contributed by atoms with van der Waals surface area (Å²) in [6.45, 7) is 16.1. The molecule has 0 amide bonds. The van der Waals surface area contributed by atoms with E-state index < -0.39 is 31.0 Å². The summed E-state index contributed by atoms with van der Waals surface area (Å²) >= 11 is 0. The highest BCUT2D eigenvalue weighted by molar-refractivity contribution is 6.74. The molecule has 0 aromatic rings. The highest BCUT2D eigenvalue weighted by Crippen LogP contribution is 2.70. The van der Waals surface area contributed by atoms with E-state index in [0.717, 1.165) is 12.8 Å². The van der Waals surface area contributed by atoms with Crippen molar-refractivity contribution >= 4 is 8.32 Å². The minimum absolute atomic E-state index is 0.0452. The van der Waals surface area contributed by atoms with Crippen LogP contribution in [0.3, 0.4) is 0 Å². The van der Waals surface area contributed by atoms with Gasteiger partial charge in [-0.05, 0) is 37.9 Å². The summed E-state index contributed by atoms with van der Waals surface area (Å²) in [6, 6.07) is 0. The second-order valence-corrected chi connectivity index (χ2v) is 16.2. The van der Waals surface area contributed by atoms with E-state index in [0.29, 0.717) is 13.0 Å². The van der Waals surface area contributed by atoms with Gasteiger partial charge in [0.2, 0.25) is 0 Å². The molecule has 32 heavy (non-hydrogen) atoms. The standard InChI is InChI=1S/C24H44O7Si/c1-17-10-11-23(14-28-15-26-6)20(12-17)30-24(31-32(8,9)21(2,3)4)18(25)13-19(22(23,24)5)29-16-27-7/h12,18-20,25H,10-11,13-16H2,1-9H3/t18-,19+,20+,22+,23+,24-/m0/s1. The van der Waals surface area contributed by atoms with Gasteiger partial charge in [0, 0.05) is 26.1 Å². The molecule has 1 saturated carbocycles. The van der Waals surface area contributed by atoms with Crippen molar-refractivity contribution in [3.05, 3.63) is 11.6 Å². The molecule has 0 radical (unpaired) electrons. The van der Waals surface area contributed by atoms with Crippen LogP contribution in [0.25, 0.3) is 0 Å². The van der Waals surface area contributed by atoms with Crippen molar-refractivity contribution in [2.24, 2.45) is 10.8 Å². The third-order valence-electron chi connectivity index (χ3n) is 8.69. The molecule has 0 unspecified atom stereocenters. The van der Waals surface area contributed by atoms with Gasteiger partial charge in [-0.2, -0.15) is 0 Å². The highest BCUT2D eigenvalue weighted by atomic mass is 28.4. The fraction of sp³-hybridized carbons (Fsp3) is 0.917. The summed E-state index contributed by atoms with van der Waals surface area (Å²) in [7, 11) is 0.918. The number of methoxy groups -OCH3 is 2. The zero-order chi connectivity index (χ0) is 24.0. The summed E-state index contributed by atoms with van der Waals surface area (Å²) in [5.74, 6) is -1.18. The van der Waals surface area contributed by atoms with Gasteiger partial charge in [0.05, 0.1) is 24.2 Å². The zero-order valence-corrected chi connectivity index (χ0v) is 22.4. The molecule has 6 atom stereocenters. The molecule has 3 aliphatic rings. The van der Waals surface area contributed by atoms with E-state index in [1.807, 2.05) is 0 Å². The van der Waals surface area contributed by atoms with Crippen molar-refractivity contribution in [2.45, 2.75) is 96.1 Å². The monoisotopic (exact) mass is 472 g/mol. The van der Waals surface area contributed by atoms with Crippen LogP contribution in [-0.4, -0.2) is 71.9 Å². The lowest BCUT2D eigenvalue weighted by molar-refractivity contribution is -0.262. The molecular formula is C24H44O7Si. The van der Waals surface area contributed by atoms with Gasteiger partial charge in [0.25, 0.3) is 0 Å². The molecule has 3 rings (SSSR count). The van der Waals surface area contributed by atoms with Crippen LogP contribution in [-0.2, 0) is 28.1 Å². The summed E-state index contributed by atoms with van der Waals surface area (Å²) in [5.41, 5.74) is 0.207. The van der Waals surface area contributed by atoms with Gasteiger partial charge in [-0.1, -0.05) is 39.3 Å². The van der Waals surface area contributed by atoms with Crippen molar-refractivity contribution in [2.75, 3.05) is 34.4 Å². The Morgan fingerprint density at radius 2 is 1.84 bits per heavy atom. The van der Waals surface area contributed by atoms with E-state index in [-0.39, 0.29) is 30.8 Å². The SMILES string of the molecule is COCOC[C@]12CCC(C)=C[C@H]1O[C@]1(O[Si](C)(C)C(C)(C)C)[C@@H](O)C[C@@H](OCOC)[C@]21C. The number of ether oxygens (including phenoxy) is 5. The van der Waals surface area contributed by atoms with Gasteiger partial charge in [-0.25, -0.2) is 0 Å². The first-order chi connectivity index (χ1) is 14.8. The molecular weight excluding hydrogens is 428 g/mol. The van der Waals surface area contributed by atoms with Crippen molar-refractivity contribution in [3.63, 3.8) is 0 Å². The highest BCUT2D eigenvalue weighted by Gasteiger charge is 2.80. The topological polar surface area (TPSA) is 75.6 Å². The van der Waals surface area contributed by atoms with Crippen LogP contribution in [0, 0.1) is 10.8 Å². The van der Waals surface area contributed by atoms with E-state index in [9.17, 15) is 5.11 Å². The molecule has 1 N–H and O–H groups in total. The first-order valence-electron chi connectivity index (χ1n) is 11.7. The van der Waals surface area contributed by atoms with Crippen molar-refractivity contribution in [3.8, 4) is 0 Å². The van der Waals surface area contributed by atoms with Crippen LogP contribution in [0.5, 0.6) is 0 Å². The van der Waals surface area contributed by atoms with Crippen molar-refractivity contribution < 1.29 is 33.2 Å². The Balaban J connectivity index is 2.16. The number of fused-ring (bicyclic) bond motifs is 3. The number of aliphatic hydroxyl groups is 1. The van der Waals surface area contributed by atoms with Gasteiger partial charge in [0.1, 0.15) is 19.7 Å². The maximum atomic E-state index is 11.6. The predicted molar refractivity (Wildman–Crippen MR) is 125 cm³/mol. The molecule has 0 bridgehead atoms. The lowest BCUT2D eigenvalue weighted by Gasteiger charge is -2.53. The van der Waals surface area contributed by atoms with E-state index in [1.165, 1.54) is 5.57 Å². The lowest BCUT2D eigenvalue weighted by atomic mass is 9.56. The second-order valence-electron chi connectivity index (χ2n) is 11.5. The van der Waals surface area contributed by atoms with Crippen LogP contribution in [0.15, 0.2) is 11.6 Å². The number of rotatable bonds is 9. The number of hydrogen-bond donors (Lipinski definition) is 1. The van der Waals surface area contributed by atoms with Crippen LogP contribution < -0.4 is 0 Å². The molecule has 1 heterocycles.